The summed E-state index contributed by atoms with van der Waals surface area (Å²) in [6.07, 6.45) is 5.11. The van der Waals surface area contributed by atoms with Crippen LogP contribution in [0.25, 0.3) is 0 Å². The van der Waals surface area contributed by atoms with Crippen molar-refractivity contribution in [1.29, 1.82) is 0 Å². The molecule has 1 amide bonds. The maximum absolute atomic E-state index is 11.9. The second-order valence-electron chi connectivity index (χ2n) is 4.47. The van der Waals surface area contributed by atoms with Crippen LogP contribution in [-0.2, 0) is 9.59 Å². The lowest BCUT2D eigenvalue weighted by molar-refractivity contribution is -0.143. The van der Waals surface area contributed by atoms with Crippen molar-refractivity contribution in [2.45, 2.75) is 32.2 Å². The van der Waals surface area contributed by atoms with Crippen LogP contribution < -0.4 is 0 Å². The first-order valence-electron chi connectivity index (χ1n) is 5.82. The van der Waals surface area contributed by atoms with E-state index in [0.717, 1.165) is 25.0 Å². The summed E-state index contributed by atoms with van der Waals surface area (Å²) in [5.41, 5.74) is 1.05. The van der Waals surface area contributed by atoms with Gasteiger partial charge in [-0.15, -0.1) is 0 Å². The van der Waals surface area contributed by atoms with Crippen LogP contribution >= 0.6 is 0 Å². The number of carbonyl (C=O) groups excluding carboxylic acids is 1. The molecule has 0 spiro atoms. The first kappa shape index (κ1) is 13.7. The molecule has 0 radical (unpaired) electrons. The lowest BCUT2D eigenvalue weighted by Crippen LogP contribution is -2.43. The summed E-state index contributed by atoms with van der Waals surface area (Å²) >= 11 is 0. The number of hydrogen-bond donors (Lipinski definition) is 1. The zero-order valence-corrected chi connectivity index (χ0v) is 10.6. The Hall–Kier alpha value is -1.36. The van der Waals surface area contributed by atoms with Crippen molar-refractivity contribution in [3.05, 3.63) is 11.8 Å². The maximum atomic E-state index is 11.9. The molecule has 5 nitrogen and oxygen atoms in total. The second kappa shape index (κ2) is 5.82. The van der Waals surface area contributed by atoms with E-state index in [2.05, 4.69) is 6.08 Å². The van der Waals surface area contributed by atoms with Crippen molar-refractivity contribution in [2.24, 2.45) is 0 Å². The highest BCUT2D eigenvalue weighted by molar-refractivity contribution is 5.81. The zero-order valence-electron chi connectivity index (χ0n) is 10.6. The van der Waals surface area contributed by atoms with Gasteiger partial charge < -0.3 is 10.0 Å². The van der Waals surface area contributed by atoms with E-state index in [1.54, 1.807) is 25.9 Å². The monoisotopic (exact) mass is 240 g/mol. The van der Waals surface area contributed by atoms with E-state index in [0.29, 0.717) is 0 Å². The third-order valence-corrected chi connectivity index (χ3v) is 3.23. The predicted molar refractivity (Wildman–Crippen MR) is 64.4 cm³/mol. The SMILES string of the molecule is CC(C(=O)O)N(C)CC(=O)N(C)C1=CCCC1. The molecule has 0 heterocycles. The van der Waals surface area contributed by atoms with Crippen molar-refractivity contribution < 1.29 is 14.7 Å². The third kappa shape index (κ3) is 3.56. The van der Waals surface area contributed by atoms with Crippen molar-refractivity contribution in [1.82, 2.24) is 9.80 Å². The minimum absolute atomic E-state index is 0.0613. The molecule has 0 bridgehead atoms. The first-order chi connectivity index (χ1) is 7.93. The Bertz CT molecular complexity index is 339. The number of nitrogens with zero attached hydrogens (tertiary/aromatic N) is 2. The van der Waals surface area contributed by atoms with Crippen molar-refractivity contribution in [3.63, 3.8) is 0 Å². The van der Waals surface area contributed by atoms with Gasteiger partial charge in [-0.05, 0) is 33.2 Å². The fraction of sp³-hybridized carbons (Fsp3) is 0.667. The van der Waals surface area contributed by atoms with Crippen molar-refractivity contribution >= 4 is 11.9 Å². The van der Waals surface area contributed by atoms with Crippen LogP contribution in [0.15, 0.2) is 11.8 Å². The van der Waals surface area contributed by atoms with Crippen LogP contribution in [0.2, 0.25) is 0 Å². The molecule has 0 aromatic carbocycles. The normalized spacial score (nSPS) is 16.8. The molecule has 1 aliphatic rings. The molecule has 1 atom stereocenters. The molecule has 1 unspecified atom stereocenters. The van der Waals surface area contributed by atoms with Gasteiger partial charge in [-0.2, -0.15) is 0 Å². The minimum atomic E-state index is -0.914. The van der Waals surface area contributed by atoms with Crippen molar-refractivity contribution in [3.8, 4) is 0 Å². The van der Waals surface area contributed by atoms with E-state index >= 15 is 0 Å². The molecule has 1 N–H and O–H groups in total. The molecule has 0 aromatic heterocycles. The van der Waals surface area contributed by atoms with Gasteiger partial charge in [-0.1, -0.05) is 6.08 Å². The Labute approximate surface area is 102 Å². The molecule has 96 valence electrons. The standard InChI is InChI=1S/C12H20N2O3/c1-9(12(16)17)13(2)8-11(15)14(3)10-6-4-5-7-10/h6,9H,4-5,7-8H2,1-3H3,(H,16,17). The molecule has 5 heteroatoms. The molecule has 0 saturated heterocycles. The van der Waals surface area contributed by atoms with Gasteiger partial charge in [-0.25, -0.2) is 0 Å². The molecule has 0 saturated carbocycles. The van der Waals surface area contributed by atoms with Crippen LogP contribution in [0.5, 0.6) is 0 Å². The lowest BCUT2D eigenvalue weighted by Gasteiger charge is -2.25. The van der Waals surface area contributed by atoms with E-state index < -0.39 is 12.0 Å². The average Bonchev–Trinajstić information content (AvgIpc) is 2.79. The van der Waals surface area contributed by atoms with Crippen LogP contribution in [-0.4, -0.2) is 53.5 Å². The Morgan fingerprint density at radius 3 is 2.59 bits per heavy atom. The number of hydrogen-bond acceptors (Lipinski definition) is 3. The molecular formula is C12H20N2O3. The van der Waals surface area contributed by atoms with Crippen LogP contribution in [0, 0.1) is 0 Å². The number of carboxylic acid groups (broad SMARTS) is 1. The van der Waals surface area contributed by atoms with Gasteiger partial charge in [0.15, 0.2) is 0 Å². The van der Waals surface area contributed by atoms with E-state index in [1.807, 2.05) is 0 Å². The van der Waals surface area contributed by atoms with Gasteiger partial charge in [0, 0.05) is 12.7 Å². The molecule has 1 aliphatic carbocycles. The van der Waals surface area contributed by atoms with E-state index in [9.17, 15) is 9.59 Å². The van der Waals surface area contributed by atoms with E-state index in [4.69, 9.17) is 5.11 Å². The van der Waals surface area contributed by atoms with Gasteiger partial charge >= 0.3 is 5.97 Å². The number of carbonyl (C=O) groups is 2. The highest BCUT2D eigenvalue weighted by atomic mass is 16.4. The zero-order chi connectivity index (χ0) is 13.0. The largest absolute Gasteiger partial charge is 0.480 e. The summed E-state index contributed by atoms with van der Waals surface area (Å²) in [7, 11) is 3.40. The summed E-state index contributed by atoms with van der Waals surface area (Å²) < 4.78 is 0. The van der Waals surface area contributed by atoms with E-state index in [-0.39, 0.29) is 12.5 Å². The fourth-order valence-electron chi connectivity index (χ4n) is 1.76. The lowest BCUT2D eigenvalue weighted by atomic mass is 10.3. The predicted octanol–water partition coefficient (Wildman–Crippen LogP) is 0.917. The van der Waals surface area contributed by atoms with Gasteiger partial charge in [-0.3, -0.25) is 14.5 Å². The summed E-state index contributed by atoms with van der Waals surface area (Å²) in [4.78, 5) is 25.9. The van der Waals surface area contributed by atoms with Crippen molar-refractivity contribution in [2.75, 3.05) is 20.6 Å². The van der Waals surface area contributed by atoms with Gasteiger partial charge in [0.25, 0.3) is 0 Å². The number of aliphatic carboxylic acids is 1. The summed E-state index contributed by atoms with van der Waals surface area (Å²) in [6.45, 7) is 1.70. The van der Waals surface area contributed by atoms with Crippen LogP contribution in [0.3, 0.4) is 0 Å². The number of rotatable bonds is 5. The smallest absolute Gasteiger partial charge is 0.320 e. The molecule has 17 heavy (non-hydrogen) atoms. The Kier molecular flexibility index (Phi) is 4.69. The maximum Gasteiger partial charge on any atom is 0.320 e. The van der Waals surface area contributed by atoms with Crippen LogP contribution in [0.1, 0.15) is 26.2 Å². The first-order valence-corrected chi connectivity index (χ1v) is 5.82. The highest BCUT2D eigenvalue weighted by Gasteiger charge is 2.22. The topological polar surface area (TPSA) is 60.9 Å². The molecule has 1 rings (SSSR count). The Balaban J connectivity index is 2.51. The summed E-state index contributed by atoms with van der Waals surface area (Å²) in [5, 5.41) is 8.84. The van der Waals surface area contributed by atoms with Gasteiger partial charge in [0.1, 0.15) is 6.04 Å². The quantitative estimate of drug-likeness (QED) is 0.776. The second-order valence-corrected chi connectivity index (χ2v) is 4.47. The average molecular weight is 240 g/mol. The summed E-state index contributed by atoms with van der Waals surface area (Å²) in [6, 6.07) is -0.648. The Morgan fingerprint density at radius 2 is 2.12 bits per heavy atom. The number of amides is 1. The third-order valence-electron chi connectivity index (χ3n) is 3.23. The van der Waals surface area contributed by atoms with E-state index in [1.165, 1.54) is 4.90 Å². The number of carboxylic acids is 1. The molecule has 0 aromatic rings. The molecule has 0 aliphatic heterocycles. The van der Waals surface area contributed by atoms with Crippen LogP contribution in [0.4, 0.5) is 0 Å². The molecule has 0 fully saturated rings. The minimum Gasteiger partial charge on any atom is -0.480 e. The van der Waals surface area contributed by atoms with Gasteiger partial charge in [0.05, 0.1) is 6.54 Å². The Morgan fingerprint density at radius 1 is 1.47 bits per heavy atom. The number of likely N-dealkylation sites (N-methyl/N-ethyl adjacent to an activating group) is 2. The number of allylic oxidation sites excluding steroid dienone is 2. The molecular weight excluding hydrogens is 220 g/mol. The summed E-state index contributed by atoms with van der Waals surface area (Å²) in [5.74, 6) is -0.975. The fourth-order valence-corrected chi connectivity index (χ4v) is 1.76. The van der Waals surface area contributed by atoms with Gasteiger partial charge in [0.2, 0.25) is 5.91 Å². The highest BCUT2D eigenvalue weighted by Crippen LogP contribution is 2.20.